The number of alkyl halides is 6. The molecule has 0 atom stereocenters. The Morgan fingerprint density at radius 3 is 2.47 bits per heavy atom. The van der Waals surface area contributed by atoms with Crippen LogP contribution >= 0.6 is 23.6 Å². The van der Waals surface area contributed by atoms with Crippen molar-refractivity contribution in [3.63, 3.8) is 0 Å². The number of amides is 1. The summed E-state index contributed by atoms with van der Waals surface area (Å²) < 4.78 is 78.3. The molecule has 170 valence electrons. The molecule has 0 saturated carbocycles. The smallest absolute Gasteiger partial charge is 0.331 e. The first-order chi connectivity index (χ1) is 14.8. The first-order valence-corrected chi connectivity index (χ1v) is 9.78. The normalized spacial score (nSPS) is 11.8. The summed E-state index contributed by atoms with van der Waals surface area (Å²) in [7, 11) is 0. The standard InChI is InChI=1S/C17H12F6N6OS2/c1-8-5-12(17(21,22)23)29(28-8)15-25-11(7-32-15)13(30)26-27-14(31)24-10-4-2-3-9(6-10)16(18,19)20/h2-7H,1H3,(H,26,30)(H2,24,27,31). The van der Waals surface area contributed by atoms with E-state index >= 15 is 0 Å². The largest absolute Gasteiger partial charge is 0.433 e. The number of benzene rings is 1. The van der Waals surface area contributed by atoms with Crippen LogP contribution in [0.25, 0.3) is 5.13 Å². The minimum atomic E-state index is -4.67. The van der Waals surface area contributed by atoms with Crippen molar-refractivity contribution in [2.45, 2.75) is 19.3 Å². The zero-order valence-corrected chi connectivity index (χ0v) is 17.4. The highest BCUT2D eigenvalue weighted by molar-refractivity contribution is 7.80. The summed E-state index contributed by atoms with van der Waals surface area (Å²) in [6.45, 7) is 1.38. The van der Waals surface area contributed by atoms with Gasteiger partial charge >= 0.3 is 12.4 Å². The Morgan fingerprint density at radius 2 is 1.81 bits per heavy atom. The van der Waals surface area contributed by atoms with Crippen LogP contribution in [0.2, 0.25) is 0 Å². The van der Waals surface area contributed by atoms with Gasteiger partial charge in [-0.05, 0) is 43.4 Å². The molecule has 0 radical (unpaired) electrons. The molecule has 32 heavy (non-hydrogen) atoms. The third-order valence-corrected chi connectivity index (χ3v) is 4.79. The minimum absolute atomic E-state index is 0.0243. The zero-order chi connectivity index (χ0) is 23.7. The molecule has 0 fully saturated rings. The highest BCUT2D eigenvalue weighted by Crippen LogP contribution is 2.32. The van der Waals surface area contributed by atoms with Crippen LogP contribution in [-0.2, 0) is 12.4 Å². The number of nitrogens with zero attached hydrogens (tertiary/aromatic N) is 3. The lowest BCUT2D eigenvalue weighted by Gasteiger charge is -2.13. The number of carbonyl (C=O) groups excluding carboxylic acids is 1. The van der Waals surface area contributed by atoms with Crippen molar-refractivity contribution in [2.24, 2.45) is 0 Å². The molecule has 0 aliphatic carbocycles. The summed E-state index contributed by atoms with van der Waals surface area (Å²) in [6.07, 6.45) is -9.21. The van der Waals surface area contributed by atoms with Crippen LogP contribution in [-0.4, -0.2) is 25.8 Å². The summed E-state index contributed by atoms with van der Waals surface area (Å²) in [5.41, 5.74) is 2.42. The van der Waals surface area contributed by atoms with Crippen LogP contribution in [0.3, 0.4) is 0 Å². The third-order valence-electron chi connectivity index (χ3n) is 3.77. The summed E-state index contributed by atoms with van der Waals surface area (Å²) >= 11 is 5.67. The fourth-order valence-electron chi connectivity index (χ4n) is 2.43. The van der Waals surface area contributed by atoms with E-state index in [2.05, 4.69) is 26.3 Å². The van der Waals surface area contributed by atoms with Gasteiger partial charge in [-0.1, -0.05) is 6.07 Å². The van der Waals surface area contributed by atoms with Gasteiger partial charge in [-0.15, -0.1) is 11.3 Å². The van der Waals surface area contributed by atoms with Gasteiger partial charge in [0, 0.05) is 11.1 Å². The number of hydrazine groups is 1. The van der Waals surface area contributed by atoms with Gasteiger partial charge in [0.1, 0.15) is 5.69 Å². The zero-order valence-electron chi connectivity index (χ0n) is 15.8. The maximum absolute atomic E-state index is 13.1. The number of aromatic nitrogens is 3. The van der Waals surface area contributed by atoms with Crippen molar-refractivity contribution in [1.82, 2.24) is 25.6 Å². The molecule has 3 N–H and O–H groups in total. The number of hydrogen-bond donors (Lipinski definition) is 3. The quantitative estimate of drug-likeness (QED) is 0.286. The maximum atomic E-state index is 13.1. The fourth-order valence-corrected chi connectivity index (χ4v) is 3.36. The lowest BCUT2D eigenvalue weighted by Crippen LogP contribution is -2.43. The van der Waals surface area contributed by atoms with Crippen molar-refractivity contribution < 1.29 is 31.1 Å². The summed E-state index contributed by atoms with van der Waals surface area (Å²) in [5, 5.41) is 7.03. The SMILES string of the molecule is Cc1cc(C(F)(F)F)n(-c2nc(C(=O)NNC(=S)Nc3cccc(C(F)(F)F)c3)cs2)n1. The number of thiazole rings is 1. The van der Waals surface area contributed by atoms with Gasteiger partial charge in [-0.2, -0.15) is 31.4 Å². The molecule has 0 unspecified atom stereocenters. The molecule has 1 amide bonds. The Kier molecular flexibility index (Phi) is 6.41. The van der Waals surface area contributed by atoms with E-state index in [1.54, 1.807) is 0 Å². The van der Waals surface area contributed by atoms with E-state index in [0.717, 1.165) is 29.5 Å². The van der Waals surface area contributed by atoms with Crippen molar-refractivity contribution in [2.75, 3.05) is 5.32 Å². The Balaban J connectivity index is 1.64. The van der Waals surface area contributed by atoms with Crippen molar-refractivity contribution in [3.05, 3.63) is 58.4 Å². The average molecular weight is 494 g/mol. The van der Waals surface area contributed by atoms with E-state index in [4.69, 9.17) is 12.2 Å². The minimum Gasteiger partial charge on any atom is -0.331 e. The lowest BCUT2D eigenvalue weighted by molar-refractivity contribution is -0.142. The second kappa shape index (κ2) is 8.74. The first kappa shape index (κ1) is 23.5. The molecule has 0 saturated heterocycles. The van der Waals surface area contributed by atoms with Gasteiger partial charge in [0.2, 0.25) is 5.13 Å². The highest BCUT2D eigenvalue weighted by atomic mass is 32.1. The topological polar surface area (TPSA) is 83.9 Å². The Bertz CT molecular complexity index is 1150. The van der Waals surface area contributed by atoms with E-state index < -0.39 is 29.5 Å². The third kappa shape index (κ3) is 5.53. The van der Waals surface area contributed by atoms with Crippen LogP contribution in [0.1, 0.15) is 27.4 Å². The number of thiocarbonyl (C=S) groups is 1. The molecule has 1 aromatic carbocycles. The van der Waals surface area contributed by atoms with E-state index in [-0.39, 0.29) is 27.3 Å². The Labute approximate surface area is 185 Å². The number of carbonyl (C=O) groups is 1. The second-order valence-electron chi connectivity index (χ2n) is 6.21. The van der Waals surface area contributed by atoms with E-state index in [1.165, 1.54) is 24.4 Å². The number of hydrogen-bond acceptors (Lipinski definition) is 5. The van der Waals surface area contributed by atoms with Crippen LogP contribution in [0.4, 0.5) is 32.0 Å². The lowest BCUT2D eigenvalue weighted by atomic mass is 10.2. The van der Waals surface area contributed by atoms with E-state index in [9.17, 15) is 31.1 Å². The number of nitrogens with one attached hydrogen (secondary N) is 3. The van der Waals surface area contributed by atoms with Gasteiger partial charge in [-0.25, -0.2) is 9.67 Å². The highest BCUT2D eigenvalue weighted by Gasteiger charge is 2.36. The maximum Gasteiger partial charge on any atom is 0.433 e. The number of rotatable bonds is 3. The molecule has 7 nitrogen and oxygen atoms in total. The molecule has 15 heteroatoms. The van der Waals surface area contributed by atoms with E-state index in [1.807, 2.05) is 0 Å². The molecule has 0 aliphatic rings. The monoisotopic (exact) mass is 494 g/mol. The molecular weight excluding hydrogens is 482 g/mol. The number of anilines is 1. The molecule has 2 aromatic heterocycles. The van der Waals surface area contributed by atoms with Gasteiger partial charge in [0.05, 0.1) is 11.3 Å². The molecular formula is C17H12F6N6OS2. The molecule has 2 heterocycles. The molecule has 0 bridgehead atoms. The first-order valence-electron chi connectivity index (χ1n) is 8.49. The number of halogens is 6. The molecule has 0 spiro atoms. The van der Waals surface area contributed by atoms with Crippen molar-refractivity contribution in [3.8, 4) is 5.13 Å². The molecule has 3 rings (SSSR count). The Hall–Kier alpha value is -3.20. The van der Waals surface area contributed by atoms with Crippen LogP contribution in [0.15, 0.2) is 35.7 Å². The predicted octanol–water partition coefficient (Wildman–Crippen LogP) is 4.31. The predicted molar refractivity (Wildman–Crippen MR) is 107 cm³/mol. The summed E-state index contributed by atoms with van der Waals surface area (Å²) in [4.78, 5) is 16.0. The van der Waals surface area contributed by atoms with Gasteiger partial charge in [-0.3, -0.25) is 15.6 Å². The van der Waals surface area contributed by atoms with Gasteiger partial charge in [0.15, 0.2) is 10.8 Å². The summed E-state index contributed by atoms with van der Waals surface area (Å²) in [6, 6.07) is 5.07. The average Bonchev–Trinajstić information content (AvgIpc) is 3.32. The van der Waals surface area contributed by atoms with Crippen LogP contribution < -0.4 is 16.2 Å². The Morgan fingerprint density at radius 1 is 1.09 bits per heavy atom. The summed E-state index contributed by atoms with van der Waals surface area (Å²) in [5.74, 6) is -0.835. The van der Waals surface area contributed by atoms with Crippen LogP contribution in [0.5, 0.6) is 0 Å². The van der Waals surface area contributed by atoms with Crippen molar-refractivity contribution in [1.29, 1.82) is 0 Å². The van der Waals surface area contributed by atoms with E-state index in [0.29, 0.717) is 4.68 Å². The molecule has 0 aliphatic heterocycles. The number of aryl methyl sites for hydroxylation is 1. The van der Waals surface area contributed by atoms with Crippen LogP contribution in [0, 0.1) is 6.92 Å². The second-order valence-corrected chi connectivity index (χ2v) is 7.45. The fraction of sp³-hybridized carbons (Fsp3) is 0.176. The van der Waals surface area contributed by atoms with Crippen molar-refractivity contribution >= 4 is 40.3 Å². The van der Waals surface area contributed by atoms with Gasteiger partial charge < -0.3 is 5.32 Å². The van der Waals surface area contributed by atoms with Gasteiger partial charge in [0.25, 0.3) is 5.91 Å². The molecule has 3 aromatic rings.